The molecule has 0 aliphatic carbocycles. The number of carboxylic acid groups (broad SMARTS) is 1. The van der Waals surface area contributed by atoms with Crippen LogP contribution in [0.1, 0.15) is 36.1 Å². The summed E-state index contributed by atoms with van der Waals surface area (Å²) in [6.45, 7) is 9.61. The summed E-state index contributed by atoms with van der Waals surface area (Å²) < 4.78 is 0. The molecule has 0 fully saturated rings. The van der Waals surface area contributed by atoms with Gasteiger partial charge in [0, 0.05) is 6.08 Å². The van der Waals surface area contributed by atoms with Gasteiger partial charge in [-0.15, -0.1) is 0 Å². The van der Waals surface area contributed by atoms with Crippen LogP contribution in [0.2, 0.25) is 0 Å². The van der Waals surface area contributed by atoms with Gasteiger partial charge < -0.3 is 10.2 Å². The van der Waals surface area contributed by atoms with Crippen LogP contribution in [0.3, 0.4) is 0 Å². The number of phenols is 1. The highest BCUT2D eigenvalue weighted by Gasteiger charge is 2.06. The molecule has 0 atom stereocenters. The number of carboxylic acids is 1. The molecular weight excluding hydrogens is 288 g/mol. The first-order valence-corrected chi connectivity index (χ1v) is 7.46. The molecule has 122 valence electrons. The van der Waals surface area contributed by atoms with E-state index < -0.39 is 5.97 Å². The van der Waals surface area contributed by atoms with E-state index in [1.165, 1.54) is 6.08 Å². The maximum atomic E-state index is 10.5. The Kier molecular flexibility index (Phi) is 6.58. The van der Waals surface area contributed by atoms with E-state index in [4.69, 9.17) is 5.11 Å². The molecule has 3 heteroatoms. The zero-order chi connectivity index (χ0) is 17.6. The molecule has 0 amide bonds. The van der Waals surface area contributed by atoms with Gasteiger partial charge in [-0.05, 0) is 68.5 Å². The van der Waals surface area contributed by atoms with E-state index in [1.807, 2.05) is 52.0 Å². The maximum absolute atomic E-state index is 10.5. The smallest absolute Gasteiger partial charge is 0.328 e. The van der Waals surface area contributed by atoms with Crippen molar-refractivity contribution in [2.24, 2.45) is 0 Å². The van der Waals surface area contributed by atoms with E-state index in [2.05, 4.69) is 0 Å². The Balaban J connectivity index is 2.94. The average molecular weight is 312 g/mol. The molecule has 0 saturated heterocycles. The number of phenolic OH excluding ortho intramolecular Hbond substituents is 1. The predicted molar refractivity (Wildman–Crippen MR) is 95.6 cm³/mol. The molecule has 1 aromatic carbocycles. The van der Waals surface area contributed by atoms with Crippen LogP contribution < -0.4 is 0 Å². The number of hydrogen-bond acceptors (Lipinski definition) is 2. The molecule has 0 aliphatic rings. The van der Waals surface area contributed by atoms with E-state index in [-0.39, 0.29) is 0 Å². The molecule has 3 nitrogen and oxygen atoms in total. The third-order valence-electron chi connectivity index (χ3n) is 3.71. The lowest BCUT2D eigenvalue weighted by molar-refractivity contribution is -0.131. The summed E-state index contributed by atoms with van der Waals surface area (Å²) in [5, 5.41) is 18.5. The molecule has 0 heterocycles. The van der Waals surface area contributed by atoms with Crippen molar-refractivity contribution in [3.05, 3.63) is 69.8 Å². The van der Waals surface area contributed by atoms with E-state index >= 15 is 0 Å². The minimum absolute atomic E-state index is 0.327. The van der Waals surface area contributed by atoms with Gasteiger partial charge in [0.25, 0.3) is 0 Å². The summed E-state index contributed by atoms with van der Waals surface area (Å²) >= 11 is 0. The van der Waals surface area contributed by atoms with Crippen molar-refractivity contribution in [1.82, 2.24) is 0 Å². The average Bonchev–Trinajstić information content (AvgIpc) is 2.44. The normalized spacial score (nSPS) is 13.3. The van der Waals surface area contributed by atoms with Gasteiger partial charge in [-0.1, -0.05) is 36.0 Å². The molecule has 0 unspecified atom stereocenters. The lowest BCUT2D eigenvalue weighted by Crippen LogP contribution is -1.91. The van der Waals surface area contributed by atoms with Crippen LogP contribution >= 0.6 is 0 Å². The Hall–Kier alpha value is -2.55. The third kappa shape index (κ3) is 5.62. The first-order valence-electron chi connectivity index (χ1n) is 7.46. The molecule has 1 rings (SSSR count). The van der Waals surface area contributed by atoms with E-state index in [9.17, 15) is 9.90 Å². The zero-order valence-electron chi connectivity index (χ0n) is 14.3. The number of aromatic hydroxyl groups is 1. The van der Waals surface area contributed by atoms with Crippen molar-refractivity contribution in [1.29, 1.82) is 0 Å². The number of rotatable bonds is 5. The summed E-state index contributed by atoms with van der Waals surface area (Å²) in [6, 6.07) is 1.78. The third-order valence-corrected chi connectivity index (χ3v) is 3.71. The SMILES string of the molecule is CC(/C=C/c1c(C)cc(O)c(C)c1C)=C\C=C\C(C)=C\C(=O)O. The molecule has 0 aliphatic heterocycles. The second kappa shape index (κ2) is 8.18. The van der Waals surface area contributed by atoms with E-state index in [0.29, 0.717) is 11.3 Å². The minimum atomic E-state index is -0.943. The Labute approximate surface area is 138 Å². The number of hydrogen-bond donors (Lipinski definition) is 2. The molecule has 2 N–H and O–H groups in total. The van der Waals surface area contributed by atoms with Gasteiger partial charge in [-0.2, -0.15) is 0 Å². The Bertz CT molecular complexity index is 717. The fourth-order valence-corrected chi connectivity index (χ4v) is 2.20. The van der Waals surface area contributed by atoms with Gasteiger partial charge in [0.05, 0.1) is 0 Å². The fourth-order valence-electron chi connectivity index (χ4n) is 2.20. The highest BCUT2D eigenvalue weighted by molar-refractivity contribution is 5.81. The second-order valence-electron chi connectivity index (χ2n) is 5.71. The highest BCUT2D eigenvalue weighted by atomic mass is 16.4. The van der Waals surface area contributed by atoms with Crippen LogP contribution in [0, 0.1) is 20.8 Å². The van der Waals surface area contributed by atoms with E-state index in [0.717, 1.165) is 27.8 Å². The zero-order valence-corrected chi connectivity index (χ0v) is 14.3. The van der Waals surface area contributed by atoms with Crippen molar-refractivity contribution < 1.29 is 15.0 Å². The molecule has 0 aromatic heterocycles. The lowest BCUT2D eigenvalue weighted by Gasteiger charge is -2.10. The number of benzene rings is 1. The van der Waals surface area contributed by atoms with Crippen LogP contribution in [0.4, 0.5) is 0 Å². The molecular formula is C20H24O3. The molecule has 1 aromatic rings. The lowest BCUT2D eigenvalue weighted by atomic mass is 9.96. The monoisotopic (exact) mass is 312 g/mol. The molecule has 0 spiro atoms. The summed E-state index contributed by atoms with van der Waals surface area (Å²) in [4.78, 5) is 10.5. The van der Waals surface area contributed by atoms with Crippen LogP contribution in [-0.2, 0) is 4.79 Å². The van der Waals surface area contributed by atoms with Gasteiger partial charge in [0.1, 0.15) is 5.75 Å². The second-order valence-corrected chi connectivity index (χ2v) is 5.71. The van der Waals surface area contributed by atoms with Gasteiger partial charge in [-0.3, -0.25) is 0 Å². The van der Waals surface area contributed by atoms with Crippen LogP contribution in [0.5, 0.6) is 5.75 Å². The van der Waals surface area contributed by atoms with Crippen molar-refractivity contribution in [2.45, 2.75) is 34.6 Å². The number of carbonyl (C=O) groups is 1. The molecule has 0 bridgehead atoms. The van der Waals surface area contributed by atoms with Crippen LogP contribution in [0.25, 0.3) is 6.08 Å². The van der Waals surface area contributed by atoms with Gasteiger partial charge >= 0.3 is 5.97 Å². The van der Waals surface area contributed by atoms with E-state index in [1.54, 1.807) is 19.1 Å². The summed E-state index contributed by atoms with van der Waals surface area (Å²) in [5.74, 6) is -0.616. The van der Waals surface area contributed by atoms with Crippen LogP contribution in [-0.4, -0.2) is 16.2 Å². The van der Waals surface area contributed by atoms with Crippen molar-refractivity contribution >= 4 is 12.0 Å². The fraction of sp³-hybridized carbons (Fsp3) is 0.250. The standard InChI is InChI=1S/C20H24O3/c1-13(7-6-8-14(2)11-20(22)23)9-10-18-15(3)12-19(21)17(5)16(18)4/h6-12,21H,1-5H3,(H,22,23)/b8-6+,10-9+,13-7+,14-11+. The number of aryl methyl sites for hydroxylation is 1. The molecule has 23 heavy (non-hydrogen) atoms. The summed E-state index contributed by atoms with van der Waals surface area (Å²) in [7, 11) is 0. The summed E-state index contributed by atoms with van der Waals surface area (Å²) in [5.41, 5.74) is 5.85. The number of aliphatic carboxylic acids is 1. The molecule has 0 saturated carbocycles. The predicted octanol–water partition coefficient (Wildman–Crippen LogP) is 4.86. The van der Waals surface area contributed by atoms with Gasteiger partial charge in [-0.25, -0.2) is 4.79 Å². The first kappa shape index (κ1) is 18.5. The Morgan fingerprint density at radius 1 is 1.04 bits per heavy atom. The maximum Gasteiger partial charge on any atom is 0.328 e. The quantitative estimate of drug-likeness (QED) is 0.602. The topological polar surface area (TPSA) is 57.5 Å². The minimum Gasteiger partial charge on any atom is -0.508 e. The largest absolute Gasteiger partial charge is 0.508 e. The summed E-state index contributed by atoms with van der Waals surface area (Å²) in [6.07, 6.45) is 10.7. The van der Waals surface area contributed by atoms with Gasteiger partial charge in [0.2, 0.25) is 0 Å². The Morgan fingerprint density at radius 2 is 1.70 bits per heavy atom. The first-order chi connectivity index (χ1) is 10.7. The van der Waals surface area contributed by atoms with Crippen molar-refractivity contribution in [2.75, 3.05) is 0 Å². The van der Waals surface area contributed by atoms with Crippen molar-refractivity contribution in [3.63, 3.8) is 0 Å². The van der Waals surface area contributed by atoms with Gasteiger partial charge in [0.15, 0.2) is 0 Å². The van der Waals surface area contributed by atoms with Crippen LogP contribution in [0.15, 0.2) is 47.6 Å². The van der Waals surface area contributed by atoms with Crippen molar-refractivity contribution in [3.8, 4) is 5.75 Å². The molecule has 0 radical (unpaired) electrons. The highest BCUT2D eigenvalue weighted by Crippen LogP contribution is 2.27. The Morgan fingerprint density at radius 3 is 2.30 bits per heavy atom. The number of allylic oxidation sites excluding steroid dienone is 6.